The molecule has 1 aromatic heterocycles. The van der Waals surface area contributed by atoms with Gasteiger partial charge in [0.1, 0.15) is 12.3 Å². The first-order valence-corrected chi connectivity index (χ1v) is 6.57. The van der Waals surface area contributed by atoms with Crippen LogP contribution in [0.5, 0.6) is 0 Å². The van der Waals surface area contributed by atoms with Gasteiger partial charge in [0.05, 0.1) is 18.8 Å². The Balaban J connectivity index is 2.06. The molecule has 0 aromatic carbocycles. The van der Waals surface area contributed by atoms with E-state index in [1.165, 1.54) is 6.26 Å². The van der Waals surface area contributed by atoms with Crippen molar-refractivity contribution in [1.82, 2.24) is 10.2 Å². The summed E-state index contributed by atoms with van der Waals surface area (Å²) < 4.78 is 42.9. The monoisotopic (exact) mass is 290 g/mol. The van der Waals surface area contributed by atoms with Crippen LogP contribution < -0.4 is 5.32 Å². The van der Waals surface area contributed by atoms with E-state index in [1.807, 2.05) is 0 Å². The Bertz CT molecular complexity index is 425. The molecule has 2 rings (SSSR count). The van der Waals surface area contributed by atoms with Crippen LogP contribution in [0.25, 0.3) is 0 Å². The first kappa shape index (κ1) is 14.9. The zero-order valence-corrected chi connectivity index (χ0v) is 10.9. The molecule has 0 radical (unpaired) electrons. The lowest BCUT2D eigenvalue weighted by Gasteiger charge is -2.30. The van der Waals surface area contributed by atoms with Crippen molar-refractivity contribution >= 4 is 5.91 Å². The van der Waals surface area contributed by atoms with Crippen LogP contribution >= 0.6 is 0 Å². The molecule has 0 unspecified atom stereocenters. The Morgan fingerprint density at radius 1 is 1.45 bits per heavy atom. The molecule has 0 bridgehead atoms. The molecule has 1 atom stereocenters. The third-order valence-corrected chi connectivity index (χ3v) is 3.22. The van der Waals surface area contributed by atoms with Crippen LogP contribution in [0, 0.1) is 0 Å². The summed E-state index contributed by atoms with van der Waals surface area (Å²) in [5.41, 5.74) is 0. The van der Waals surface area contributed by atoms with E-state index in [9.17, 15) is 18.0 Å². The molecule has 0 aliphatic carbocycles. The Morgan fingerprint density at radius 2 is 2.25 bits per heavy atom. The summed E-state index contributed by atoms with van der Waals surface area (Å²) in [4.78, 5) is 13.0. The normalized spacial score (nSPS) is 19.9. The highest BCUT2D eigenvalue weighted by Gasteiger charge is 2.36. The molecule has 0 saturated carbocycles. The van der Waals surface area contributed by atoms with E-state index >= 15 is 0 Å². The van der Waals surface area contributed by atoms with Gasteiger partial charge in [0.2, 0.25) is 5.91 Å². The lowest BCUT2D eigenvalue weighted by molar-refractivity contribution is -0.164. The Kier molecular flexibility index (Phi) is 4.69. The number of carbonyl (C=O) groups excluding carboxylic acids is 1. The van der Waals surface area contributed by atoms with Gasteiger partial charge in [-0.1, -0.05) is 6.42 Å². The fourth-order valence-corrected chi connectivity index (χ4v) is 2.30. The lowest BCUT2D eigenvalue weighted by atomic mass is 10.0. The number of piperidine rings is 1. The van der Waals surface area contributed by atoms with E-state index in [2.05, 4.69) is 5.32 Å². The highest BCUT2D eigenvalue weighted by molar-refractivity contribution is 5.82. The van der Waals surface area contributed by atoms with Gasteiger partial charge in [-0.2, -0.15) is 13.2 Å². The van der Waals surface area contributed by atoms with Crippen molar-refractivity contribution < 1.29 is 22.4 Å². The van der Waals surface area contributed by atoms with Gasteiger partial charge in [-0.15, -0.1) is 0 Å². The number of rotatable bonds is 4. The topological polar surface area (TPSA) is 45.5 Å². The second-order valence-corrected chi connectivity index (χ2v) is 4.89. The number of furan rings is 1. The van der Waals surface area contributed by atoms with Gasteiger partial charge in [-0.25, -0.2) is 0 Å². The predicted molar refractivity (Wildman–Crippen MR) is 65.8 cm³/mol. The van der Waals surface area contributed by atoms with Crippen LogP contribution in [0.2, 0.25) is 0 Å². The summed E-state index contributed by atoms with van der Waals surface area (Å²) >= 11 is 0. The second kappa shape index (κ2) is 6.30. The minimum atomic E-state index is -4.42. The molecule has 1 fully saturated rings. The number of alkyl halides is 3. The van der Waals surface area contributed by atoms with Crippen molar-refractivity contribution in [2.75, 3.05) is 13.1 Å². The minimum absolute atomic E-state index is 0.163. The van der Waals surface area contributed by atoms with Crippen molar-refractivity contribution in [3.05, 3.63) is 24.2 Å². The molecule has 1 N–H and O–H groups in total. The number of hydrogen-bond donors (Lipinski definition) is 1. The van der Waals surface area contributed by atoms with Crippen LogP contribution in [0.4, 0.5) is 13.2 Å². The standard InChI is InChI=1S/C13H17F3N2O2/c14-13(15,16)9-18(8-10-4-3-7-20-10)12(19)11-5-1-2-6-17-11/h3-4,7,11,17H,1-2,5-6,8-9H2/t11-/m1/s1. The molecule has 1 aliphatic rings. The summed E-state index contributed by atoms with van der Waals surface area (Å²) in [5.74, 6) is -0.170. The Morgan fingerprint density at radius 3 is 2.80 bits per heavy atom. The number of hydrogen-bond acceptors (Lipinski definition) is 3. The largest absolute Gasteiger partial charge is 0.467 e. The zero-order chi connectivity index (χ0) is 14.6. The van der Waals surface area contributed by atoms with Gasteiger partial charge in [-0.3, -0.25) is 4.79 Å². The van der Waals surface area contributed by atoms with Gasteiger partial charge in [0.25, 0.3) is 0 Å². The third kappa shape index (κ3) is 4.26. The maximum absolute atomic E-state index is 12.6. The van der Waals surface area contributed by atoms with Crippen molar-refractivity contribution in [3.63, 3.8) is 0 Å². The van der Waals surface area contributed by atoms with E-state index in [1.54, 1.807) is 12.1 Å². The van der Waals surface area contributed by atoms with Gasteiger partial charge in [0.15, 0.2) is 0 Å². The fourth-order valence-electron chi connectivity index (χ4n) is 2.30. The average molecular weight is 290 g/mol. The number of nitrogens with one attached hydrogen (secondary N) is 1. The highest BCUT2D eigenvalue weighted by Crippen LogP contribution is 2.20. The van der Waals surface area contributed by atoms with Crippen LogP contribution in [0.1, 0.15) is 25.0 Å². The number of carbonyl (C=O) groups is 1. The van der Waals surface area contributed by atoms with Crippen LogP contribution in [-0.4, -0.2) is 36.1 Å². The summed E-state index contributed by atoms with van der Waals surface area (Å²) in [5, 5.41) is 2.98. The van der Waals surface area contributed by atoms with Gasteiger partial charge < -0.3 is 14.6 Å². The molecular weight excluding hydrogens is 273 g/mol. The van der Waals surface area contributed by atoms with E-state index in [4.69, 9.17) is 4.42 Å². The van der Waals surface area contributed by atoms with Gasteiger partial charge in [-0.05, 0) is 31.5 Å². The van der Waals surface area contributed by atoms with Gasteiger partial charge >= 0.3 is 6.18 Å². The number of amides is 1. The molecule has 1 saturated heterocycles. The summed E-state index contributed by atoms with van der Waals surface area (Å²) in [6.45, 7) is -0.759. The third-order valence-electron chi connectivity index (χ3n) is 3.22. The quantitative estimate of drug-likeness (QED) is 0.925. The van der Waals surface area contributed by atoms with E-state index < -0.39 is 24.7 Å². The number of halogens is 3. The molecule has 0 spiro atoms. The van der Waals surface area contributed by atoms with Crippen molar-refractivity contribution in [2.24, 2.45) is 0 Å². The summed E-state index contributed by atoms with van der Waals surface area (Å²) in [7, 11) is 0. The molecule has 4 nitrogen and oxygen atoms in total. The molecule has 1 amide bonds. The molecule has 1 aliphatic heterocycles. The molecular formula is C13H17F3N2O2. The number of nitrogens with zero attached hydrogens (tertiary/aromatic N) is 1. The molecule has 1 aromatic rings. The first-order valence-electron chi connectivity index (χ1n) is 6.57. The Hall–Kier alpha value is -1.50. The molecule has 7 heteroatoms. The average Bonchev–Trinajstić information content (AvgIpc) is 2.89. The zero-order valence-electron chi connectivity index (χ0n) is 10.9. The van der Waals surface area contributed by atoms with Crippen LogP contribution in [-0.2, 0) is 11.3 Å². The van der Waals surface area contributed by atoms with Crippen molar-refractivity contribution in [1.29, 1.82) is 0 Å². The van der Waals surface area contributed by atoms with E-state index in [-0.39, 0.29) is 6.54 Å². The molecule has 112 valence electrons. The minimum Gasteiger partial charge on any atom is -0.467 e. The maximum Gasteiger partial charge on any atom is 0.406 e. The SMILES string of the molecule is O=C([C@H]1CCCCN1)N(Cc1ccco1)CC(F)(F)F. The fraction of sp³-hybridized carbons (Fsp3) is 0.615. The first-order chi connectivity index (χ1) is 9.46. The summed E-state index contributed by atoms with van der Waals surface area (Å²) in [6.07, 6.45) is -0.669. The lowest BCUT2D eigenvalue weighted by Crippen LogP contribution is -2.50. The predicted octanol–water partition coefficient (Wildman–Crippen LogP) is 2.31. The second-order valence-electron chi connectivity index (χ2n) is 4.89. The summed E-state index contributed by atoms with van der Waals surface area (Å²) in [6, 6.07) is 2.62. The molecule has 20 heavy (non-hydrogen) atoms. The maximum atomic E-state index is 12.6. The van der Waals surface area contributed by atoms with E-state index in [0.717, 1.165) is 17.7 Å². The Labute approximate surface area is 114 Å². The van der Waals surface area contributed by atoms with Gasteiger partial charge in [0, 0.05) is 0 Å². The van der Waals surface area contributed by atoms with Crippen molar-refractivity contribution in [3.8, 4) is 0 Å². The smallest absolute Gasteiger partial charge is 0.406 e. The van der Waals surface area contributed by atoms with Crippen molar-refractivity contribution in [2.45, 2.75) is 38.0 Å². The highest BCUT2D eigenvalue weighted by atomic mass is 19.4. The van der Waals surface area contributed by atoms with E-state index in [0.29, 0.717) is 18.7 Å². The van der Waals surface area contributed by atoms with Crippen LogP contribution in [0.15, 0.2) is 22.8 Å². The molecule has 2 heterocycles. The van der Waals surface area contributed by atoms with Crippen LogP contribution in [0.3, 0.4) is 0 Å².